The van der Waals surface area contributed by atoms with Crippen molar-refractivity contribution in [3.05, 3.63) is 166 Å². The number of ether oxygens (including phenoxy) is 1. The van der Waals surface area contributed by atoms with Crippen LogP contribution in [0.15, 0.2) is 97.1 Å². The molecule has 16 heteroatoms. The van der Waals surface area contributed by atoms with E-state index in [2.05, 4.69) is 0 Å². The average Bonchev–Trinajstić information content (AvgIpc) is 3.19. The minimum absolute atomic E-state index is 0.120. The molecule has 56 heavy (non-hydrogen) atoms. The van der Waals surface area contributed by atoms with Crippen molar-refractivity contribution in [2.45, 2.75) is 19.3 Å². The van der Waals surface area contributed by atoms with E-state index in [0.717, 1.165) is 22.7 Å². The molecular weight excluding hydrogens is 815 g/mol. The van der Waals surface area contributed by atoms with Gasteiger partial charge < -0.3 is 9.76 Å². The molecule has 1 aliphatic heterocycles. The van der Waals surface area contributed by atoms with Gasteiger partial charge in [-0.05, 0) is 29.5 Å². The van der Waals surface area contributed by atoms with Gasteiger partial charge in [-0.2, -0.15) is 0 Å². The number of fused-ring (bicyclic) bond motifs is 2. The molecule has 0 saturated carbocycles. The molecule has 0 aliphatic carbocycles. The van der Waals surface area contributed by atoms with E-state index in [4.69, 9.17) is 27.9 Å². The number of hydrogen-bond donors (Lipinski definition) is 0. The fourth-order valence-electron chi connectivity index (χ4n) is 7.09. The first-order chi connectivity index (χ1) is 26.5. The Hall–Kier alpha value is -4.55. The van der Waals surface area contributed by atoms with E-state index >= 15 is 17.6 Å². The number of alkyl halides is 2. The Morgan fingerprint density at radius 3 is 1.29 bits per heavy atom. The lowest BCUT2D eigenvalue weighted by Gasteiger charge is -2.41. The molecule has 0 bridgehead atoms. The van der Waals surface area contributed by atoms with Crippen LogP contribution in [0.4, 0.5) is 43.9 Å². The third-order valence-electron chi connectivity index (χ3n) is 9.68. The summed E-state index contributed by atoms with van der Waals surface area (Å²) in [5.41, 5.74) is -5.66. The Labute approximate surface area is 325 Å². The first kappa shape index (κ1) is 41.1. The van der Waals surface area contributed by atoms with Gasteiger partial charge in [-0.15, -0.1) is 23.2 Å². The van der Waals surface area contributed by atoms with Crippen molar-refractivity contribution < 1.29 is 53.7 Å². The second kappa shape index (κ2) is 15.8. The van der Waals surface area contributed by atoms with Crippen LogP contribution in [0.2, 0.25) is 0 Å². The van der Waals surface area contributed by atoms with Crippen LogP contribution < -0.4 is 37.0 Å². The Morgan fingerprint density at radius 2 is 0.875 bits per heavy atom. The standard InChI is InChI=1S/C39H24BF10O2P.CH2Cl2/c1-39(2)21-15-9-17-23(37(21)52-38-22(39)16-10-18-24(38)53(19-11-5-3-6-12-19)20-13-7-4-8-14-20)40(51,25-27(41)31(45)35(49)32(46)28(25)42)26-29(43)33(47)36(50)34(48)30(26)44;2-1-3/h3-18H,51H2,1-2H3;1H2. The van der Waals surface area contributed by atoms with Crippen molar-refractivity contribution in [1.29, 1.82) is 0 Å². The molecule has 0 atom stereocenters. The Morgan fingerprint density at radius 1 is 0.518 bits per heavy atom. The quantitative estimate of drug-likeness (QED) is 0.0316. The lowest BCUT2D eigenvalue weighted by molar-refractivity contribution is 0.378. The number of para-hydroxylation sites is 2. The molecule has 0 amide bonds. The van der Waals surface area contributed by atoms with Crippen LogP contribution in [0.25, 0.3) is 0 Å². The molecule has 2 N–H and O–H groups in total. The van der Waals surface area contributed by atoms with E-state index < -0.39 is 100.0 Å². The summed E-state index contributed by atoms with van der Waals surface area (Å²) in [7, 11) is -1.45. The van der Waals surface area contributed by atoms with Crippen LogP contribution >= 0.6 is 31.1 Å². The number of halogens is 12. The highest BCUT2D eigenvalue weighted by Gasteiger charge is 2.53. The maximum atomic E-state index is 15.8. The van der Waals surface area contributed by atoms with Gasteiger partial charge in [0.2, 0.25) is 0 Å². The summed E-state index contributed by atoms with van der Waals surface area (Å²) >= 11 is 9.53. The lowest BCUT2D eigenvalue weighted by Crippen LogP contribution is -2.72. The van der Waals surface area contributed by atoms with E-state index in [1.807, 2.05) is 60.7 Å². The summed E-state index contributed by atoms with van der Waals surface area (Å²) in [4.78, 5) is 0. The summed E-state index contributed by atoms with van der Waals surface area (Å²) in [6.45, 7) is 3.40. The van der Waals surface area contributed by atoms with Crippen LogP contribution in [-0.4, -0.2) is 16.7 Å². The zero-order valence-electron chi connectivity index (χ0n) is 28.9. The van der Waals surface area contributed by atoms with Gasteiger partial charge in [-0.1, -0.05) is 116 Å². The fraction of sp³-hybridized carbons (Fsp3) is 0.100. The highest BCUT2D eigenvalue weighted by Crippen LogP contribution is 2.50. The molecule has 0 saturated heterocycles. The van der Waals surface area contributed by atoms with E-state index in [9.17, 15) is 31.4 Å². The number of rotatable bonds is 6. The average molecular weight is 841 g/mol. The van der Waals surface area contributed by atoms with Crippen molar-refractivity contribution in [2.75, 3.05) is 5.34 Å². The summed E-state index contributed by atoms with van der Waals surface area (Å²) in [6.07, 6.45) is -5.07. The van der Waals surface area contributed by atoms with Gasteiger partial charge in [0.15, 0.2) is 34.9 Å². The first-order valence-electron chi connectivity index (χ1n) is 16.5. The summed E-state index contributed by atoms with van der Waals surface area (Å²) < 4.78 is 158. The Kier molecular flexibility index (Phi) is 11.6. The van der Waals surface area contributed by atoms with Crippen molar-refractivity contribution in [1.82, 2.24) is 0 Å². The predicted octanol–water partition coefficient (Wildman–Crippen LogP) is 8.38. The summed E-state index contributed by atoms with van der Waals surface area (Å²) in [5, 5.41) is 12.0. The number of hydrogen-bond acceptors (Lipinski definition) is 1. The molecule has 2 nitrogen and oxygen atoms in total. The van der Waals surface area contributed by atoms with Crippen LogP contribution in [0.5, 0.6) is 11.5 Å². The molecule has 6 aromatic rings. The summed E-state index contributed by atoms with van der Waals surface area (Å²) in [6, 6.07) is 27.2. The Balaban J connectivity index is 0.00000172. The van der Waals surface area contributed by atoms with Crippen molar-refractivity contribution in [2.24, 2.45) is 0 Å². The second-order valence-corrected chi connectivity index (χ2v) is 16.0. The van der Waals surface area contributed by atoms with Crippen LogP contribution in [0.3, 0.4) is 0 Å². The molecule has 6 aromatic carbocycles. The topological polar surface area (TPSA) is 32.1 Å². The van der Waals surface area contributed by atoms with Crippen LogP contribution in [0.1, 0.15) is 25.0 Å². The third-order valence-corrected chi connectivity index (χ3v) is 12.1. The lowest BCUT2D eigenvalue weighted by atomic mass is 9.28. The minimum atomic E-state index is -5.07. The van der Waals surface area contributed by atoms with E-state index in [1.54, 1.807) is 32.0 Å². The summed E-state index contributed by atoms with van der Waals surface area (Å²) in [5.74, 6) is -26.9. The zero-order chi connectivity index (χ0) is 40.9. The Bertz CT molecular complexity index is 2310. The smallest absolute Gasteiger partial charge is 0.390 e. The van der Waals surface area contributed by atoms with Gasteiger partial charge in [0, 0.05) is 21.8 Å². The van der Waals surface area contributed by atoms with E-state index in [0.29, 0.717) is 10.9 Å². The molecule has 7 rings (SSSR count). The van der Waals surface area contributed by atoms with Gasteiger partial charge in [-0.25, -0.2) is 43.9 Å². The highest BCUT2D eigenvalue weighted by atomic mass is 35.5. The monoisotopic (exact) mass is 840 g/mol. The molecule has 0 spiro atoms. The molecule has 0 aromatic heterocycles. The van der Waals surface area contributed by atoms with Crippen molar-refractivity contribution >= 4 is 69.8 Å². The normalized spacial score (nSPS) is 13.1. The first-order valence-corrected chi connectivity index (χ1v) is 18.9. The van der Waals surface area contributed by atoms with Crippen molar-refractivity contribution in [3.8, 4) is 11.5 Å². The fourth-order valence-corrected chi connectivity index (χ4v) is 9.49. The molecule has 1 heterocycles. The van der Waals surface area contributed by atoms with Gasteiger partial charge in [0.05, 0.1) is 5.34 Å². The molecule has 290 valence electrons. The maximum absolute atomic E-state index is 15.8. The second-order valence-electron chi connectivity index (χ2n) is 13.0. The molecule has 0 fully saturated rings. The van der Waals surface area contributed by atoms with Gasteiger partial charge in [-0.3, -0.25) is 0 Å². The zero-order valence-corrected chi connectivity index (χ0v) is 31.3. The molecule has 1 aliphatic rings. The maximum Gasteiger partial charge on any atom is 0.390 e. The SMILES string of the molecule is CC1(C)c2cccc(P(c3ccccc3)c3ccccc3)c2Oc2c([B-]([OH2+])(c3c(F)c(F)c(F)c(F)c3F)c3c(F)c(F)c(F)c(F)c3F)cccc21.ClCCl. The van der Waals surface area contributed by atoms with Gasteiger partial charge in [0.25, 0.3) is 0 Å². The van der Waals surface area contributed by atoms with E-state index in [1.165, 1.54) is 6.07 Å². The predicted molar refractivity (Wildman–Crippen MR) is 201 cm³/mol. The third kappa shape index (κ3) is 6.52. The molecule has 0 radical (unpaired) electrons. The highest BCUT2D eigenvalue weighted by molar-refractivity contribution is 7.80. The molecule has 0 unspecified atom stereocenters. The van der Waals surface area contributed by atoms with E-state index in [-0.39, 0.29) is 16.7 Å². The van der Waals surface area contributed by atoms with Crippen LogP contribution in [0, 0.1) is 58.2 Å². The van der Waals surface area contributed by atoms with Gasteiger partial charge in [0.1, 0.15) is 34.8 Å². The van der Waals surface area contributed by atoms with Gasteiger partial charge >= 0.3 is 6.35 Å². The molecular formula is C40H26BCl2F10O2P. The van der Waals surface area contributed by atoms with Crippen LogP contribution in [-0.2, 0) is 5.41 Å². The van der Waals surface area contributed by atoms with Crippen molar-refractivity contribution in [3.63, 3.8) is 0 Å². The number of benzene rings is 6. The minimum Gasteiger partial charge on any atom is -0.682 e. The largest absolute Gasteiger partial charge is 0.682 e.